The highest BCUT2D eigenvalue weighted by Crippen LogP contribution is 2.26. The predicted molar refractivity (Wildman–Crippen MR) is 79.6 cm³/mol. The van der Waals surface area contributed by atoms with Gasteiger partial charge in [-0.2, -0.15) is 10.2 Å². The summed E-state index contributed by atoms with van der Waals surface area (Å²) in [5.74, 6) is -0.108. The average Bonchev–Trinajstić information content (AvgIpc) is 2.59. The molecule has 0 aliphatic heterocycles. The van der Waals surface area contributed by atoms with E-state index in [4.69, 9.17) is 4.74 Å². The predicted octanol–water partition coefficient (Wildman–Crippen LogP) is 1.59. The van der Waals surface area contributed by atoms with Gasteiger partial charge < -0.3 is 4.74 Å². The molecule has 0 saturated heterocycles. The van der Waals surface area contributed by atoms with Crippen LogP contribution in [0.15, 0.2) is 30.6 Å². The largest absolute Gasteiger partial charge is 0.494 e. The smallest absolute Gasteiger partial charge is 0.216 e. The summed E-state index contributed by atoms with van der Waals surface area (Å²) in [6.07, 6.45) is 2.56. The SMILES string of the molecule is CCOc1ccc2nc3c(nc2c1)C(=O)c1cnncc1C3=O. The Kier molecular flexibility index (Phi) is 2.87. The van der Waals surface area contributed by atoms with Gasteiger partial charge in [0, 0.05) is 6.07 Å². The van der Waals surface area contributed by atoms with E-state index in [9.17, 15) is 9.59 Å². The van der Waals surface area contributed by atoms with Gasteiger partial charge in [-0.05, 0) is 19.1 Å². The fourth-order valence-corrected chi connectivity index (χ4v) is 2.55. The molecule has 0 saturated carbocycles. The molecule has 2 aromatic heterocycles. The highest BCUT2D eigenvalue weighted by Gasteiger charge is 2.33. The van der Waals surface area contributed by atoms with Crippen molar-refractivity contribution in [3.05, 3.63) is 53.1 Å². The fourth-order valence-electron chi connectivity index (χ4n) is 2.55. The number of hydrogen-bond donors (Lipinski definition) is 0. The van der Waals surface area contributed by atoms with Crippen LogP contribution in [0.5, 0.6) is 5.75 Å². The molecule has 2 heterocycles. The first-order chi connectivity index (χ1) is 11.2. The quantitative estimate of drug-likeness (QED) is 0.555. The molecule has 0 bridgehead atoms. The Morgan fingerprint density at radius 3 is 2.13 bits per heavy atom. The van der Waals surface area contributed by atoms with Crippen LogP contribution in [0, 0.1) is 0 Å². The summed E-state index contributed by atoms with van der Waals surface area (Å²) in [6, 6.07) is 5.16. The molecule has 4 rings (SSSR count). The maximum Gasteiger partial charge on any atom is 0.216 e. The fraction of sp³-hybridized carbons (Fsp3) is 0.125. The van der Waals surface area contributed by atoms with Gasteiger partial charge in [0.05, 0.1) is 41.2 Å². The Morgan fingerprint density at radius 1 is 0.913 bits per heavy atom. The van der Waals surface area contributed by atoms with Crippen molar-refractivity contribution in [3.63, 3.8) is 0 Å². The third-order valence-corrected chi connectivity index (χ3v) is 3.60. The standard InChI is InChI=1S/C16H10N4O3/c1-2-23-8-3-4-11-12(5-8)20-14-13(19-11)15(21)9-6-17-18-7-10(9)16(14)22/h3-7H,2H2,1H3. The lowest BCUT2D eigenvalue weighted by molar-refractivity contribution is 0.0971. The van der Waals surface area contributed by atoms with E-state index in [1.165, 1.54) is 12.4 Å². The summed E-state index contributed by atoms with van der Waals surface area (Å²) in [5, 5.41) is 7.33. The Labute approximate surface area is 130 Å². The molecule has 0 fully saturated rings. The van der Waals surface area contributed by atoms with E-state index < -0.39 is 0 Å². The molecule has 1 aromatic carbocycles. The molecular formula is C16H10N4O3. The molecule has 1 aliphatic carbocycles. The molecular weight excluding hydrogens is 296 g/mol. The molecule has 7 heteroatoms. The Bertz CT molecular complexity index is 984. The normalized spacial score (nSPS) is 12.9. The molecule has 0 atom stereocenters. The van der Waals surface area contributed by atoms with Gasteiger partial charge in [0.1, 0.15) is 17.1 Å². The van der Waals surface area contributed by atoms with Crippen molar-refractivity contribution in [2.75, 3.05) is 6.61 Å². The second-order valence-electron chi connectivity index (χ2n) is 4.98. The first-order valence-electron chi connectivity index (χ1n) is 7.03. The van der Waals surface area contributed by atoms with E-state index >= 15 is 0 Å². The van der Waals surface area contributed by atoms with Gasteiger partial charge in [0.2, 0.25) is 11.6 Å². The second kappa shape index (κ2) is 4.91. The molecule has 23 heavy (non-hydrogen) atoms. The minimum Gasteiger partial charge on any atom is -0.494 e. The van der Waals surface area contributed by atoms with Gasteiger partial charge in [0.25, 0.3) is 0 Å². The Hall–Kier alpha value is -3.22. The first kappa shape index (κ1) is 13.4. The minimum absolute atomic E-state index is 0.0386. The molecule has 3 aromatic rings. The van der Waals surface area contributed by atoms with E-state index in [1.807, 2.05) is 6.92 Å². The zero-order chi connectivity index (χ0) is 16.0. The van der Waals surface area contributed by atoms with Crippen LogP contribution >= 0.6 is 0 Å². The van der Waals surface area contributed by atoms with Crippen LogP contribution in [0.25, 0.3) is 11.0 Å². The lowest BCUT2D eigenvalue weighted by atomic mass is 9.92. The highest BCUT2D eigenvalue weighted by atomic mass is 16.5. The van der Waals surface area contributed by atoms with Gasteiger partial charge in [-0.1, -0.05) is 0 Å². The van der Waals surface area contributed by atoms with Crippen LogP contribution < -0.4 is 4.74 Å². The van der Waals surface area contributed by atoms with Crippen molar-refractivity contribution in [2.45, 2.75) is 6.92 Å². The van der Waals surface area contributed by atoms with Crippen molar-refractivity contribution in [1.29, 1.82) is 0 Å². The maximum absolute atomic E-state index is 12.6. The topological polar surface area (TPSA) is 94.9 Å². The van der Waals surface area contributed by atoms with Gasteiger partial charge in [0.15, 0.2) is 0 Å². The van der Waals surface area contributed by atoms with Gasteiger partial charge in [-0.15, -0.1) is 0 Å². The summed E-state index contributed by atoms with van der Waals surface area (Å²) in [5.41, 5.74) is 1.52. The van der Waals surface area contributed by atoms with Crippen molar-refractivity contribution in [3.8, 4) is 5.75 Å². The number of carbonyl (C=O) groups is 2. The van der Waals surface area contributed by atoms with E-state index in [0.717, 1.165) is 0 Å². The van der Waals surface area contributed by atoms with Gasteiger partial charge in [-0.25, -0.2) is 9.97 Å². The molecule has 0 amide bonds. The molecule has 0 N–H and O–H groups in total. The van der Waals surface area contributed by atoms with Crippen LogP contribution in [-0.4, -0.2) is 38.3 Å². The lowest BCUT2D eigenvalue weighted by Crippen LogP contribution is -2.24. The molecule has 7 nitrogen and oxygen atoms in total. The van der Waals surface area contributed by atoms with Crippen LogP contribution in [0.2, 0.25) is 0 Å². The Balaban J connectivity index is 1.95. The van der Waals surface area contributed by atoms with Crippen LogP contribution in [0.1, 0.15) is 39.0 Å². The number of nitrogens with zero attached hydrogens (tertiary/aromatic N) is 4. The van der Waals surface area contributed by atoms with Gasteiger partial charge in [-0.3, -0.25) is 9.59 Å². The summed E-state index contributed by atoms with van der Waals surface area (Å²) in [6.45, 7) is 2.40. The number of hydrogen-bond acceptors (Lipinski definition) is 7. The zero-order valence-electron chi connectivity index (χ0n) is 12.1. The van der Waals surface area contributed by atoms with Crippen LogP contribution in [0.4, 0.5) is 0 Å². The number of aromatic nitrogens is 4. The summed E-state index contributed by atoms with van der Waals surface area (Å²) in [4.78, 5) is 33.7. The maximum atomic E-state index is 12.6. The third-order valence-electron chi connectivity index (χ3n) is 3.60. The molecule has 1 aliphatic rings. The number of ether oxygens (including phenoxy) is 1. The number of rotatable bonds is 2. The van der Waals surface area contributed by atoms with E-state index in [0.29, 0.717) is 23.4 Å². The van der Waals surface area contributed by atoms with Crippen molar-refractivity contribution in [1.82, 2.24) is 20.2 Å². The molecule has 0 radical (unpaired) electrons. The highest BCUT2D eigenvalue weighted by molar-refractivity contribution is 6.27. The van der Waals surface area contributed by atoms with Crippen LogP contribution in [-0.2, 0) is 0 Å². The first-order valence-corrected chi connectivity index (χ1v) is 7.03. The second-order valence-corrected chi connectivity index (χ2v) is 4.98. The lowest BCUT2D eigenvalue weighted by Gasteiger charge is -2.15. The monoisotopic (exact) mass is 306 g/mol. The zero-order valence-corrected chi connectivity index (χ0v) is 12.1. The molecule has 112 valence electrons. The number of fused-ring (bicyclic) bond motifs is 3. The third kappa shape index (κ3) is 1.97. The van der Waals surface area contributed by atoms with E-state index in [2.05, 4.69) is 20.2 Å². The number of benzene rings is 1. The Morgan fingerprint density at radius 2 is 1.52 bits per heavy atom. The molecule has 0 unspecified atom stereocenters. The van der Waals surface area contributed by atoms with Crippen LogP contribution in [0.3, 0.4) is 0 Å². The average molecular weight is 306 g/mol. The van der Waals surface area contributed by atoms with Gasteiger partial charge >= 0.3 is 0 Å². The summed E-state index contributed by atoms with van der Waals surface area (Å²) < 4.78 is 5.42. The summed E-state index contributed by atoms with van der Waals surface area (Å²) >= 11 is 0. The number of ketones is 2. The van der Waals surface area contributed by atoms with Crippen molar-refractivity contribution >= 4 is 22.6 Å². The van der Waals surface area contributed by atoms with E-state index in [1.54, 1.807) is 18.2 Å². The number of carbonyl (C=O) groups excluding carboxylic acids is 2. The molecule has 0 spiro atoms. The minimum atomic E-state index is -0.374. The summed E-state index contributed by atoms with van der Waals surface area (Å²) in [7, 11) is 0. The van der Waals surface area contributed by atoms with E-state index in [-0.39, 0.29) is 34.1 Å². The van der Waals surface area contributed by atoms with Crippen molar-refractivity contribution < 1.29 is 14.3 Å². The van der Waals surface area contributed by atoms with Crippen molar-refractivity contribution in [2.24, 2.45) is 0 Å².